The molecular formula is C9H15NO2. The van der Waals surface area contributed by atoms with Gasteiger partial charge < -0.3 is 4.52 Å². The predicted molar refractivity (Wildman–Crippen MR) is 47.3 cm³/mol. The molecule has 1 heterocycles. The zero-order valence-electron chi connectivity index (χ0n) is 7.64. The van der Waals surface area contributed by atoms with Crippen molar-refractivity contribution in [2.45, 2.75) is 39.5 Å². The van der Waals surface area contributed by atoms with Crippen molar-refractivity contribution in [3.8, 4) is 0 Å². The molecule has 12 heavy (non-hydrogen) atoms. The van der Waals surface area contributed by atoms with Gasteiger partial charge in [0.15, 0.2) is 0 Å². The summed E-state index contributed by atoms with van der Waals surface area (Å²) in [6.45, 7) is 3.95. The van der Waals surface area contributed by atoms with E-state index in [2.05, 4.69) is 16.6 Å². The lowest BCUT2D eigenvalue weighted by molar-refractivity contribution is 0.383. The SMILES string of the molecule is CCCCCc1[nH]oc(=O)c1C. The molecule has 0 saturated heterocycles. The summed E-state index contributed by atoms with van der Waals surface area (Å²) in [4.78, 5) is 10.9. The molecule has 0 aliphatic carbocycles. The Labute approximate surface area is 71.7 Å². The summed E-state index contributed by atoms with van der Waals surface area (Å²) in [5.74, 6) is 0. The summed E-state index contributed by atoms with van der Waals surface area (Å²) >= 11 is 0. The number of aromatic amines is 1. The molecule has 0 aliphatic heterocycles. The Kier molecular flexibility index (Phi) is 3.14. The van der Waals surface area contributed by atoms with E-state index in [0.29, 0.717) is 0 Å². The molecule has 0 aliphatic rings. The van der Waals surface area contributed by atoms with Gasteiger partial charge in [-0.3, -0.25) is 0 Å². The van der Waals surface area contributed by atoms with Crippen LogP contribution in [0.5, 0.6) is 0 Å². The molecule has 1 aromatic heterocycles. The molecule has 0 amide bonds. The molecule has 3 nitrogen and oxygen atoms in total. The summed E-state index contributed by atoms with van der Waals surface area (Å²) in [5, 5.41) is 2.65. The van der Waals surface area contributed by atoms with E-state index in [-0.39, 0.29) is 5.63 Å². The highest BCUT2D eigenvalue weighted by molar-refractivity contribution is 5.12. The predicted octanol–water partition coefficient (Wildman–Crippen LogP) is 2.01. The zero-order valence-corrected chi connectivity index (χ0v) is 7.64. The first-order valence-corrected chi connectivity index (χ1v) is 4.42. The number of H-pyrrole nitrogens is 1. The van der Waals surface area contributed by atoms with Crippen LogP contribution in [0.1, 0.15) is 37.4 Å². The number of rotatable bonds is 4. The lowest BCUT2D eigenvalue weighted by Crippen LogP contribution is -1.97. The van der Waals surface area contributed by atoms with Crippen LogP contribution in [0, 0.1) is 6.92 Å². The first-order chi connectivity index (χ1) is 5.75. The fourth-order valence-electron chi connectivity index (χ4n) is 1.17. The van der Waals surface area contributed by atoms with Gasteiger partial charge in [-0.15, -0.1) is 0 Å². The summed E-state index contributed by atoms with van der Waals surface area (Å²) in [7, 11) is 0. The van der Waals surface area contributed by atoms with E-state index in [4.69, 9.17) is 0 Å². The molecule has 0 saturated carbocycles. The molecule has 0 fully saturated rings. The third-order valence-electron chi connectivity index (χ3n) is 2.06. The number of hydrogen-bond donors (Lipinski definition) is 1. The van der Waals surface area contributed by atoms with E-state index in [1.807, 2.05) is 0 Å². The zero-order chi connectivity index (χ0) is 8.97. The second kappa shape index (κ2) is 4.14. The first-order valence-electron chi connectivity index (χ1n) is 4.42. The minimum atomic E-state index is -0.235. The van der Waals surface area contributed by atoms with Gasteiger partial charge >= 0.3 is 5.63 Å². The molecular weight excluding hydrogens is 154 g/mol. The maximum Gasteiger partial charge on any atom is 0.360 e. The third-order valence-corrected chi connectivity index (χ3v) is 2.06. The smallest absolute Gasteiger partial charge is 0.339 e. The van der Waals surface area contributed by atoms with Crippen LogP contribution in [-0.2, 0) is 6.42 Å². The summed E-state index contributed by atoms with van der Waals surface area (Å²) in [5.41, 5.74) is 1.45. The molecule has 1 aromatic rings. The topological polar surface area (TPSA) is 46.0 Å². The lowest BCUT2D eigenvalue weighted by Gasteiger charge is -1.95. The van der Waals surface area contributed by atoms with Crippen molar-refractivity contribution in [1.29, 1.82) is 0 Å². The number of aryl methyl sites for hydroxylation is 1. The minimum Gasteiger partial charge on any atom is -0.339 e. The van der Waals surface area contributed by atoms with Crippen LogP contribution in [0.3, 0.4) is 0 Å². The third kappa shape index (κ3) is 2.00. The minimum absolute atomic E-state index is 0.235. The monoisotopic (exact) mass is 169 g/mol. The first kappa shape index (κ1) is 9.10. The van der Waals surface area contributed by atoms with Gasteiger partial charge in [-0.05, 0) is 19.8 Å². The molecule has 3 heteroatoms. The van der Waals surface area contributed by atoms with E-state index in [9.17, 15) is 4.79 Å². The van der Waals surface area contributed by atoms with E-state index in [1.165, 1.54) is 12.8 Å². The average molecular weight is 169 g/mol. The Morgan fingerprint density at radius 3 is 2.67 bits per heavy atom. The van der Waals surface area contributed by atoms with Gasteiger partial charge in [0.05, 0.1) is 11.3 Å². The van der Waals surface area contributed by atoms with Crippen LogP contribution in [0.25, 0.3) is 0 Å². The van der Waals surface area contributed by atoms with Gasteiger partial charge in [0.1, 0.15) is 0 Å². The lowest BCUT2D eigenvalue weighted by atomic mass is 10.1. The Hall–Kier alpha value is -0.990. The van der Waals surface area contributed by atoms with Crippen molar-refractivity contribution >= 4 is 0 Å². The second-order valence-electron chi connectivity index (χ2n) is 3.05. The number of nitrogens with one attached hydrogen (secondary N) is 1. The highest BCUT2D eigenvalue weighted by atomic mass is 16.5. The van der Waals surface area contributed by atoms with Gasteiger partial charge in [0.25, 0.3) is 0 Å². The maximum absolute atomic E-state index is 10.9. The van der Waals surface area contributed by atoms with Crippen LogP contribution in [-0.4, -0.2) is 5.16 Å². The molecule has 0 unspecified atom stereocenters. The maximum atomic E-state index is 10.9. The van der Waals surface area contributed by atoms with Gasteiger partial charge in [0.2, 0.25) is 0 Å². The van der Waals surface area contributed by atoms with Crippen molar-refractivity contribution in [3.05, 3.63) is 21.7 Å². The second-order valence-corrected chi connectivity index (χ2v) is 3.05. The molecule has 1 N–H and O–H groups in total. The Bertz CT molecular complexity index is 285. The van der Waals surface area contributed by atoms with Crippen LogP contribution >= 0.6 is 0 Å². The van der Waals surface area contributed by atoms with Crippen LogP contribution < -0.4 is 5.63 Å². The molecule has 0 bridgehead atoms. The van der Waals surface area contributed by atoms with E-state index in [0.717, 1.165) is 24.1 Å². The van der Waals surface area contributed by atoms with E-state index in [1.54, 1.807) is 6.92 Å². The fourth-order valence-corrected chi connectivity index (χ4v) is 1.17. The highest BCUT2D eigenvalue weighted by Crippen LogP contribution is 2.05. The molecule has 0 atom stereocenters. The molecule has 0 spiro atoms. The fraction of sp³-hybridized carbons (Fsp3) is 0.667. The quantitative estimate of drug-likeness (QED) is 0.701. The van der Waals surface area contributed by atoms with Crippen LogP contribution in [0.2, 0.25) is 0 Å². The van der Waals surface area contributed by atoms with Crippen molar-refractivity contribution in [2.24, 2.45) is 0 Å². The largest absolute Gasteiger partial charge is 0.360 e. The van der Waals surface area contributed by atoms with E-state index >= 15 is 0 Å². The average Bonchev–Trinajstić information content (AvgIpc) is 2.36. The van der Waals surface area contributed by atoms with Crippen molar-refractivity contribution in [2.75, 3.05) is 0 Å². The van der Waals surface area contributed by atoms with Gasteiger partial charge in [-0.2, -0.15) is 0 Å². The van der Waals surface area contributed by atoms with Crippen LogP contribution in [0.15, 0.2) is 9.32 Å². The summed E-state index contributed by atoms with van der Waals surface area (Å²) < 4.78 is 4.65. The molecule has 0 radical (unpaired) electrons. The molecule has 1 rings (SSSR count). The van der Waals surface area contributed by atoms with Crippen molar-refractivity contribution in [1.82, 2.24) is 5.16 Å². The van der Waals surface area contributed by atoms with Crippen molar-refractivity contribution in [3.63, 3.8) is 0 Å². The normalized spacial score (nSPS) is 10.5. The number of hydrogen-bond acceptors (Lipinski definition) is 2. The summed E-state index contributed by atoms with van der Waals surface area (Å²) in [6, 6.07) is 0. The van der Waals surface area contributed by atoms with E-state index < -0.39 is 0 Å². The van der Waals surface area contributed by atoms with Gasteiger partial charge in [-0.1, -0.05) is 19.8 Å². The standard InChI is InChI=1S/C9H15NO2/c1-3-4-5-6-8-7(2)9(11)12-10-8/h10H,3-6H2,1-2H3. The highest BCUT2D eigenvalue weighted by Gasteiger charge is 2.05. The Morgan fingerprint density at radius 2 is 2.17 bits per heavy atom. The Balaban J connectivity index is 2.52. The van der Waals surface area contributed by atoms with Crippen LogP contribution in [0.4, 0.5) is 0 Å². The summed E-state index contributed by atoms with van der Waals surface area (Å²) in [6.07, 6.45) is 4.44. The number of aromatic nitrogens is 1. The van der Waals surface area contributed by atoms with Gasteiger partial charge in [0, 0.05) is 0 Å². The number of unbranched alkanes of at least 4 members (excludes halogenated alkanes) is 2. The Morgan fingerprint density at radius 1 is 1.42 bits per heavy atom. The van der Waals surface area contributed by atoms with Crippen molar-refractivity contribution < 1.29 is 4.52 Å². The molecule has 68 valence electrons. The van der Waals surface area contributed by atoms with Gasteiger partial charge in [-0.25, -0.2) is 9.95 Å². The molecule has 0 aromatic carbocycles.